The van der Waals surface area contributed by atoms with Crippen molar-refractivity contribution in [1.82, 2.24) is 25.5 Å². The van der Waals surface area contributed by atoms with E-state index in [2.05, 4.69) is 20.8 Å². The summed E-state index contributed by atoms with van der Waals surface area (Å²) in [6.45, 7) is 3.78. The Morgan fingerprint density at radius 2 is 2.23 bits per heavy atom. The minimum atomic E-state index is -3.03. The lowest BCUT2D eigenvalue weighted by Gasteiger charge is -2.12. The highest BCUT2D eigenvalue weighted by Gasteiger charge is 2.31. The fraction of sp³-hybridized carbons (Fsp3) is 0.500. The number of aryl methyl sites for hydroxylation is 1. The second-order valence-electron chi connectivity index (χ2n) is 5.29. The zero-order valence-corrected chi connectivity index (χ0v) is 13.7. The minimum Gasteiger partial charge on any atom is -0.348 e. The Morgan fingerprint density at radius 1 is 1.45 bits per heavy atom. The van der Waals surface area contributed by atoms with Gasteiger partial charge in [0.05, 0.1) is 17.1 Å². The predicted octanol–water partition coefficient (Wildman–Crippen LogP) is 0.258. The first kappa shape index (κ1) is 15.1. The number of aromatic nitrogens is 4. The first-order valence-electron chi connectivity index (χ1n) is 6.72. The first-order chi connectivity index (χ1) is 10.4. The van der Waals surface area contributed by atoms with E-state index in [-0.39, 0.29) is 23.5 Å². The lowest BCUT2D eigenvalue weighted by molar-refractivity contribution is 0.0941. The van der Waals surface area contributed by atoms with Gasteiger partial charge in [-0.25, -0.2) is 8.42 Å². The van der Waals surface area contributed by atoms with E-state index in [0.717, 1.165) is 10.4 Å². The molecule has 0 saturated carbocycles. The maximum absolute atomic E-state index is 12.6. The molecular weight excluding hydrogens is 326 g/mol. The number of rotatable bonds is 3. The summed E-state index contributed by atoms with van der Waals surface area (Å²) in [5.74, 6) is -0.157. The van der Waals surface area contributed by atoms with Gasteiger partial charge in [-0.1, -0.05) is 0 Å². The summed E-state index contributed by atoms with van der Waals surface area (Å²) in [6, 6.07) is -0.334. The van der Waals surface area contributed by atoms with Crippen molar-refractivity contribution in [1.29, 1.82) is 0 Å². The van der Waals surface area contributed by atoms with Crippen molar-refractivity contribution in [3.05, 3.63) is 22.3 Å². The van der Waals surface area contributed by atoms with E-state index in [9.17, 15) is 13.2 Å². The van der Waals surface area contributed by atoms with E-state index < -0.39 is 9.84 Å². The van der Waals surface area contributed by atoms with E-state index in [1.165, 1.54) is 22.3 Å². The van der Waals surface area contributed by atoms with Gasteiger partial charge >= 0.3 is 0 Å². The quantitative estimate of drug-likeness (QED) is 0.858. The summed E-state index contributed by atoms with van der Waals surface area (Å²) < 4.78 is 24.5. The molecule has 1 aliphatic heterocycles. The molecule has 0 aliphatic carbocycles. The second kappa shape index (κ2) is 5.43. The summed E-state index contributed by atoms with van der Waals surface area (Å²) in [7, 11) is -3.03. The van der Waals surface area contributed by atoms with Gasteiger partial charge in [-0.15, -0.1) is 16.4 Å². The molecule has 22 heavy (non-hydrogen) atoms. The molecular formula is C12H15N5O3S2. The van der Waals surface area contributed by atoms with Crippen LogP contribution in [0.3, 0.4) is 0 Å². The summed E-state index contributed by atoms with van der Waals surface area (Å²) in [4.78, 5) is 13.6. The number of hydrogen-bond donors (Lipinski definition) is 1. The third-order valence-corrected chi connectivity index (χ3v) is 6.68. The number of carbonyl (C=O) groups is 1. The van der Waals surface area contributed by atoms with Gasteiger partial charge < -0.3 is 5.32 Å². The van der Waals surface area contributed by atoms with Crippen molar-refractivity contribution < 1.29 is 13.2 Å². The average Bonchev–Trinajstić information content (AvgIpc) is 3.12. The van der Waals surface area contributed by atoms with E-state index in [1.54, 1.807) is 0 Å². The topological polar surface area (TPSA) is 107 Å². The SMILES string of the molecule is Cc1sc(-n2cnnn2)c(C(=O)N[C@@H]2CCS(=O)(=O)C2)c1C. The number of sulfone groups is 1. The molecule has 1 saturated heterocycles. The molecule has 10 heteroatoms. The van der Waals surface area contributed by atoms with E-state index in [0.29, 0.717) is 17.0 Å². The van der Waals surface area contributed by atoms with Gasteiger partial charge in [-0.3, -0.25) is 4.79 Å². The van der Waals surface area contributed by atoms with Crippen LogP contribution in [0, 0.1) is 13.8 Å². The largest absolute Gasteiger partial charge is 0.348 e. The molecule has 2 aromatic heterocycles. The van der Waals surface area contributed by atoms with Crippen LogP contribution in [0.25, 0.3) is 5.00 Å². The van der Waals surface area contributed by atoms with Crippen LogP contribution in [0.4, 0.5) is 0 Å². The monoisotopic (exact) mass is 341 g/mol. The fourth-order valence-electron chi connectivity index (χ4n) is 2.46. The second-order valence-corrected chi connectivity index (χ2v) is 8.72. The highest BCUT2D eigenvalue weighted by Crippen LogP contribution is 2.30. The normalized spacial score (nSPS) is 20.2. The smallest absolute Gasteiger partial charge is 0.254 e. The van der Waals surface area contributed by atoms with E-state index >= 15 is 0 Å². The van der Waals surface area contributed by atoms with Crippen LogP contribution in [0.15, 0.2) is 6.33 Å². The number of tetrazole rings is 1. The van der Waals surface area contributed by atoms with Gasteiger partial charge in [0, 0.05) is 10.9 Å². The summed E-state index contributed by atoms with van der Waals surface area (Å²) >= 11 is 1.43. The number of carbonyl (C=O) groups excluding carboxylic acids is 1. The molecule has 2 aromatic rings. The third-order valence-electron chi connectivity index (χ3n) is 3.72. The van der Waals surface area contributed by atoms with Crippen LogP contribution < -0.4 is 5.32 Å². The summed E-state index contributed by atoms with van der Waals surface area (Å²) in [6.07, 6.45) is 1.89. The molecule has 0 aromatic carbocycles. The lowest BCUT2D eigenvalue weighted by atomic mass is 10.1. The summed E-state index contributed by atoms with van der Waals surface area (Å²) in [5, 5.41) is 14.5. The zero-order valence-electron chi connectivity index (χ0n) is 12.1. The molecule has 1 N–H and O–H groups in total. The molecule has 3 rings (SSSR count). The molecule has 0 unspecified atom stereocenters. The Balaban J connectivity index is 1.90. The van der Waals surface area contributed by atoms with Crippen molar-refractivity contribution in [2.24, 2.45) is 0 Å². The van der Waals surface area contributed by atoms with Crippen LogP contribution in [0.1, 0.15) is 27.2 Å². The highest BCUT2D eigenvalue weighted by molar-refractivity contribution is 7.91. The predicted molar refractivity (Wildman–Crippen MR) is 81.0 cm³/mol. The number of hydrogen-bond acceptors (Lipinski definition) is 7. The van der Waals surface area contributed by atoms with Gasteiger partial charge in [0.25, 0.3) is 5.91 Å². The molecule has 8 nitrogen and oxygen atoms in total. The number of amides is 1. The molecule has 3 heterocycles. The van der Waals surface area contributed by atoms with Crippen LogP contribution in [-0.2, 0) is 9.84 Å². The van der Waals surface area contributed by atoms with Crippen molar-refractivity contribution in [2.45, 2.75) is 26.3 Å². The van der Waals surface area contributed by atoms with E-state index in [1.807, 2.05) is 13.8 Å². The maximum Gasteiger partial charge on any atom is 0.254 e. The van der Waals surface area contributed by atoms with E-state index in [4.69, 9.17) is 0 Å². The van der Waals surface area contributed by atoms with Crippen LogP contribution in [0.5, 0.6) is 0 Å². The standard InChI is InChI=1S/C12H15N5O3S2/c1-7-8(2)21-12(17-6-13-15-16-17)10(7)11(18)14-9-3-4-22(19,20)5-9/h6,9H,3-5H2,1-2H3,(H,14,18)/t9-/m1/s1. The van der Waals surface area contributed by atoms with Crippen LogP contribution in [-0.4, -0.2) is 52.1 Å². The lowest BCUT2D eigenvalue weighted by Crippen LogP contribution is -2.36. The molecule has 1 atom stereocenters. The Morgan fingerprint density at radius 3 is 2.82 bits per heavy atom. The molecule has 1 amide bonds. The molecule has 0 bridgehead atoms. The van der Waals surface area contributed by atoms with Crippen molar-refractivity contribution in [3.8, 4) is 5.00 Å². The number of thiophene rings is 1. The van der Waals surface area contributed by atoms with Crippen molar-refractivity contribution >= 4 is 27.1 Å². The van der Waals surface area contributed by atoms with Crippen LogP contribution >= 0.6 is 11.3 Å². The molecule has 0 spiro atoms. The van der Waals surface area contributed by atoms with Gasteiger partial charge in [-0.05, 0) is 36.3 Å². The van der Waals surface area contributed by atoms with Crippen molar-refractivity contribution in [2.75, 3.05) is 11.5 Å². The fourth-order valence-corrected chi connectivity index (χ4v) is 5.20. The number of nitrogens with one attached hydrogen (secondary N) is 1. The van der Waals surface area contributed by atoms with Crippen LogP contribution in [0.2, 0.25) is 0 Å². The third kappa shape index (κ3) is 2.75. The zero-order chi connectivity index (χ0) is 15.9. The Bertz CT molecular complexity index is 810. The van der Waals surface area contributed by atoms with Gasteiger partial charge in [0.2, 0.25) is 0 Å². The first-order valence-corrected chi connectivity index (χ1v) is 9.36. The molecule has 1 aliphatic rings. The Kier molecular flexibility index (Phi) is 3.73. The Hall–Kier alpha value is -1.81. The molecule has 0 radical (unpaired) electrons. The van der Waals surface area contributed by atoms with Gasteiger partial charge in [-0.2, -0.15) is 4.68 Å². The Labute approximate surface area is 131 Å². The van der Waals surface area contributed by atoms with Crippen molar-refractivity contribution in [3.63, 3.8) is 0 Å². The summed E-state index contributed by atoms with van der Waals surface area (Å²) in [5.41, 5.74) is 1.35. The highest BCUT2D eigenvalue weighted by atomic mass is 32.2. The number of nitrogens with zero attached hydrogens (tertiary/aromatic N) is 4. The maximum atomic E-state index is 12.6. The molecule has 1 fully saturated rings. The van der Waals surface area contributed by atoms with Gasteiger partial charge in [0.15, 0.2) is 9.84 Å². The molecule has 118 valence electrons. The minimum absolute atomic E-state index is 0.00111. The average molecular weight is 341 g/mol. The van der Waals surface area contributed by atoms with Gasteiger partial charge in [0.1, 0.15) is 11.3 Å².